The number of carbonyl (C=O) groups excluding carboxylic acids is 1. The van der Waals surface area contributed by atoms with Gasteiger partial charge >= 0.3 is 0 Å². The van der Waals surface area contributed by atoms with Crippen LogP contribution in [0.1, 0.15) is 35.7 Å². The van der Waals surface area contributed by atoms with Crippen molar-refractivity contribution in [3.63, 3.8) is 0 Å². The van der Waals surface area contributed by atoms with E-state index in [4.69, 9.17) is 4.74 Å². The van der Waals surface area contributed by atoms with Crippen molar-refractivity contribution in [3.05, 3.63) is 29.3 Å². The van der Waals surface area contributed by atoms with Crippen molar-refractivity contribution in [1.29, 1.82) is 0 Å². The maximum Gasteiger partial charge on any atom is 0.251 e. The van der Waals surface area contributed by atoms with Crippen LogP contribution >= 0.6 is 0 Å². The molecule has 0 radical (unpaired) electrons. The van der Waals surface area contributed by atoms with E-state index < -0.39 is 0 Å². The van der Waals surface area contributed by atoms with Gasteiger partial charge in [0.2, 0.25) is 0 Å². The molecule has 0 bridgehead atoms. The van der Waals surface area contributed by atoms with E-state index >= 15 is 0 Å². The lowest BCUT2D eigenvalue weighted by atomic mass is 9.99. The molecule has 4 nitrogen and oxygen atoms in total. The van der Waals surface area contributed by atoms with Crippen LogP contribution in [-0.4, -0.2) is 32.2 Å². The van der Waals surface area contributed by atoms with Crippen LogP contribution in [-0.2, 0) is 4.74 Å². The van der Waals surface area contributed by atoms with E-state index in [1.165, 1.54) is 0 Å². The van der Waals surface area contributed by atoms with E-state index in [2.05, 4.69) is 17.6 Å². The molecule has 0 saturated carbocycles. The molecule has 1 aromatic rings. The van der Waals surface area contributed by atoms with Crippen molar-refractivity contribution >= 4 is 11.6 Å². The molecule has 1 fully saturated rings. The second-order valence-corrected chi connectivity index (χ2v) is 5.36. The minimum absolute atomic E-state index is 0.00639. The number of carbonyl (C=O) groups is 1. The highest BCUT2D eigenvalue weighted by Crippen LogP contribution is 2.22. The van der Waals surface area contributed by atoms with Gasteiger partial charge in [-0.1, -0.05) is 6.92 Å². The Bertz CT molecular complexity index is 474. The zero-order valence-corrected chi connectivity index (χ0v) is 12.5. The Morgan fingerprint density at radius 3 is 2.90 bits per heavy atom. The summed E-state index contributed by atoms with van der Waals surface area (Å²) in [5.74, 6) is 0.452. The third-order valence-corrected chi connectivity index (χ3v) is 4.03. The Labute approximate surface area is 120 Å². The molecule has 2 atom stereocenters. The molecule has 2 rings (SSSR count). The number of hydrogen-bond donors (Lipinski definition) is 2. The number of aryl methyl sites for hydroxylation is 1. The minimum atomic E-state index is 0.00639. The first kappa shape index (κ1) is 14.9. The molecule has 20 heavy (non-hydrogen) atoms. The normalized spacial score (nSPS) is 21.8. The van der Waals surface area contributed by atoms with E-state index in [9.17, 15) is 4.79 Å². The van der Waals surface area contributed by atoms with Gasteiger partial charge in [0.25, 0.3) is 5.91 Å². The van der Waals surface area contributed by atoms with E-state index in [1.54, 1.807) is 0 Å². The molecule has 0 aliphatic carbocycles. The van der Waals surface area contributed by atoms with Crippen LogP contribution in [0.2, 0.25) is 0 Å². The van der Waals surface area contributed by atoms with Gasteiger partial charge in [-0.25, -0.2) is 0 Å². The molecule has 1 saturated heterocycles. The fourth-order valence-electron chi connectivity index (χ4n) is 2.77. The Morgan fingerprint density at radius 1 is 1.45 bits per heavy atom. The summed E-state index contributed by atoms with van der Waals surface area (Å²) in [5, 5.41) is 6.12. The molecular formula is C16H24N2O2. The van der Waals surface area contributed by atoms with Crippen LogP contribution in [0.25, 0.3) is 0 Å². The molecule has 0 spiro atoms. The van der Waals surface area contributed by atoms with Gasteiger partial charge in [0.05, 0.1) is 6.10 Å². The van der Waals surface area contributed by atoms with Crippen LogP contribution in [0.5, 0.6) is 0 Å². The third kappa shape index (κ3) is 3.31. The third-order valence-electron chi connectivity index (χ3n) is 4.03. The van der Waals surface area contributed by atoms with Crippen molar-refractivity contribution in [2.75, 3.05) is 25.5 Å². The molecule has 1 aliphatic rings. The largest absolute Gasteiger partial charge is 0.388 e. The number of nitrogens with one attached hydrogen (secondary N) is 2. The summed E-state index contributed by atoms with van der Waals surface area (Å²) in [6.07, 6.45) is 2.34. The number of anilines is 1. The minimum Gasteiger partial charge on any atom is -0.388 e. The van der Waals surface area contributed by atoms with Crippen LogP contribution in [0.15, 0.2) is 18.2 Å². The second-order valence-electron chi connectivity index (χ2n) is 5.36. The monoisotopic (exact) mass is 276 g/mol. The molecule has 1 aliphatic heterocycles. The van der Waals surface area contributed by atoms with Crippen molar-refractivity contribution in [2.45, 2.75) is 32.8 Å². The van der Waals surface area contributed by atoms with Crippen molar-refractivity contribution < 1.29 is 9.53 Å². The quantitative estimate of drug-likeness (QED) is 0.869. The Kier molecular flexibility index (Phi) is 5.01. The van der Waals surface area contributed by atoms with Crippen LogP contribution in [0.4, 0.5) is 5.69 Å². The summed E-state index contributed by atoms with van der Waals surface area (Å²) in [5.41, 5.74) is 2.76. The lowest BCUT2D eigenvalue weighted by Gasteiger charge is -2.17. The molecule has 2 unspecified atom stereocenters. The first-order chi connectivity index (χ1) is 9.65. The molecule has 0 aromatic heterocycles. The Balaban J connectivity index is 1.95. The highest BCUT2D eigenvalue weighted by atomic mass is 16.5. The van der Waals surface area contributed by atoms with Crippen LogP contribution in [0, 0.1) is 12.8 Å². The van der Waals surface area contributed by atoms with E-state index in [-0.39, 0.29) is 5.91 Å². The number of ether oxygens (including phenoxy) is 1. The molecule has 110 valence electrons. The summed E-state index contributed by atoms with van der Waals surface area (Å²) in [7, 11) is 1.87. The molecular weight excluding hydrogens is 252 g/mol. The van der Waals surface area contributed by atoms with Gasteiger partial charge in [-0.3, -0.25) is 4.79 Å². The summed E-state index contributed by atoms with van der Waals surface area (Å²) >= 11 is 0. The average molecular weight is 276 g/mol. The second kappa shape index (κ2) is 6.75. The Morgan fingerprint density at radius 2 is 2.25 bits per heavy atom. The van der Waals surface area contributed by atoms with E-state index in [0.29, 0.717) is 18.6 Å². The van der Waals surface area contributed by atoms with E-state index in [1.807, 2.05) is 32.2 Å². The Hall–Kier alpha value is -1.55. The lowest BCUT2D eigenvalue weighted by molar-refractivity contribution is 0.0826. The molecule has 1 amide bonds. The predicted molar refractivity (Wildman–Crippen MR) is 81.2 cm³/mol. The molecule has 4 heteroatoms. The highest BCUT2D eigenvalue weighted by molar-refractivity contribution is 5.96. The standard InChI is InChI=1S/C16H24N2O2/c1-4-15-12(7-8-20-15)10-18-16(19)14-6-5-13(17-3)9-11(14)2/h5-6,9,12,15,17H,4,7-8,10H2,1-3H3,(H,18,19). The molecule has 1 aromatic carbocycles. The fraction of sp³-hybridized carbons (Fsp3) is 0.562. The average Bonchev–Trinajstić information content (AvgIpc) is 2.92. The predicted octanol–water partition coefficient (Wildman–Crippen LogP) is 2.58. The van der Waals surface area contributed by atoms with Crippen molar-refractivity contribution in [1.82, 2.24) is 5.32 Å². The van der Waals surface area contributed by atoms with Gasteiger partial charge in [0.1, 0.15) is 0 Å². The fourth-order valence-corrected chi connectivity index (χ4v) is 2.77. The van der Waals surface area contributed by atoms with Gasteiger partial charge < -0.3 is 15.4 Å². The van der Waals surface area contributed by atoms with Gasteiger partial charge in [-0.2, -0.15) is 0 Å². The first-order valence-corrected chi connectivity index (χ1v) is 7.34. The SMILES string of the molecule is CCC1OCCC1CNC(=O)c1ccc(NC)cc1C. The number of hydrogen-bond acceptors (Lipinski definition) is 3. The summed E-state index contributed by atoms with van der Waals surface area (Å²) in [4.78, 5) is 12.2. The highest BCUT2D eigenvalue weighted by Gasteiger charge is 2.27. The number of amides is 1. The lowest BCUT2D eigenvalue weighted by Crippen LogP contribution is -2.33. The van der Waals surface area contributed by atoms with Crippen molar-refractivity contribution in [2.24, 2.45) is 5.92 Å². The maximum atomic E-state index is 12.2. The van der Waals surface area contributed by atoms with Gasteiger partial charge in [0.15, 0.2) is 0 Å². The summed E-state index contributed by atoms with van der Waals surface area (Å²) < 4.78 is 5.65. The first-order valence-electron chi connectivity index (χ1n) is 7.34. The number of rotatable bonds is 5. The number of benzene rings is 1. The zero-order valence-electron chi connectivity index (χ0n) is 12.5. The molecule has 1 heterocycles. The summed E-state index contributed by atoms with van der Waals surface area (Å²) in [6.45, 7) is 5.61. The smallest absolute Gasteiger partial charge is 0.251 e. The molecule has 2 N–H and O–H groups in total. The topological polar surface area (TPSA) is 50.4 Å². The summed E-state index contributed by atoms with van der Waals surface area (Å²) in [6, 6.07) is 5.79. The van der Waals surface area contributed by atoms with E-state index in [0.717, 1.165) is 36.3 Å². The van der Waals surface area contributed by atoms with Crippen LogP contribution < -0.4 is 10.6 Å². The van der Waals surface area contributed by atoms with Gasteiger partial charge in [-0.15, -0.1) is 0 Å². The maximum absolute atomic E-state index is 12.2. The van der Waals surface area contributed by atoms with Crippen LogP contribution in [0.3, 0.4) is 0 Å². The van der Waals surface area contributed by atoms with Gasteiger partial charge in [0, 0.05) is 37.4 Å². The zero-order chi connectivity index (χ0) is 14.5. The van der Waals surface area contributed by atoms with Gasteiger partial charge in [-0.05, 0) is 43.5 Å². The van der Waals surface area contributed by atoms with Crippen molar-refractivity contribution in [3.8, 4) is 0 Å².